The predicted octanol–water partition coefficient (Wildman–Crippen LogP) is 10.0. The Kier molecular flexibility index (Phi) is 18.0. The average Bonchev–Trinajstić information content (AvgIpc) is 1.73. The van der Waals surface area contributed by atoms with E-state index in [1.54, 1.807) is 74.5 Å². The van der Waals surface area contributed by atoms with E-state index in [4.69, 9.17) is 6.42 Å². The van der Waals surface area contributed by atoms with Crippen molar-refractivity contribution in [2.24, 2.45) is 14.1 Å². The lowest BCUT2D eigenvalue weighted by atomic mass is 10.1. The van der Waals surface area contributed by atoms with Crippen LogP contribution in [0.2, 0.25) is 39.3 Å². The number of aryl methyl sites for hydroxylation is 2. The van der Waals surface area contributed by atoms with Crippen LogP contribution in [0.5, 0.6) is 0 Å². The summed E-state index contributed by atoms with van der Waals surface area (Å²) in [5.41, 5.74) is 5.67. The number of nitrogens with zero attached hydrogens (tertiary/aromatic N) is 6. The summed E-state index contributed by atoms with van der Waals surface area (Å²) in [4.78, 5) is 106. The molecule has 0 radical (unpaired) electrons. The molecule has 0 aliphatic heterocycles. The van der Waals surface area contributed by atoms with E-state index in [2.05, 4.69) is 77.6 Å². The van der Waals surface area contributed by atoms with Crippen LogP contribution in [0.4, 0.5) is 43.2 Å². The number of anilines is 6. The largest absolute Gasteiger partial charge is 0.338 e. The first-order chi connectivity index (χ1) is 39.9. The fourth-order valence-electron chi connectivity index (χ4n) is 9.36. The first kappa shape index (κ1) is 62.4. The number of fused-ring (bicyclic) bond motifs is 2. The normalized spacial score (nSPS) is 12.9. The van der Waals surface area contributed by atoms with E-state index in [1.165, 1.54) is 79.6 Å². The van der Waals surface area contributed by atoms with Crippen LogP contribution in [0, 0.1) is 52.5 Å². The number of aromatic nitrogens is 6. The van der Waals surface area contributed by atoms with Gasteiger partial charge in [-0.2, -0.15) is 0 Å². The van der Waals surface area contributed by atoms with Gasteiger partial charge in [0.15, 0.2) is 0 Å². The second kappa shape index (κ2) is 24.5. The fourth-order valence-corrected chi connectivity index (χ4v) is 10.3. The molecule has 0 saturated heterocycles. The second-order valence-corrected chi connectivity index (χ2v) is 33.9. The third-order valence-corrected chi connectivity index (χ3v) is 16.2. The van der Waals surface area contributed by atoms with Gasteiger partial charge in [0.1, 0.15) is 50.2 Å². The Labute approximate surface area is 503 Å². The molecule has 10 rings (SSSR count). The van der Waals surface area contributed by atoms with Crippen molar-refractivity contribution in [1.82, 2.24) is 27.4 Å². The third-order valence-electron chi connectivity index (χ3n) is 13.8. The van der Waals surface area contributed by atoms with Crippen molar-refractivity contribution in [1.29, 1.82) is 0 Å². The molecule has 2 fully saturated rings. The van der Waals surface area contributed by atoms with Gasteiger partial charge in [-0.05, 0) is 135 Å². The van der Waals surface area contributed by atoms with Crippen molar-refractivity contribution in [3.05, 3.63) is 179 Å². The molecule has 2 aliphatic carbocycles. The number of amides is 2. The van der Waals surface area contributed by atoms with Gasteiger partial charge in [-0.25, -0.2) is 18.4 Å². The van der Waals surface area contributed by atoms with Crippen molar-refractivity contribution in [3.63, 3.8) is 0 Å². The maximum atomic E-state index is 15.4. The SMILES string of the molecule is C#C[Si](C)(C)C.CC(=O)Nc1cccc(-n2c(=O)n(C3CC3)c(=O)c3c(Nc4ccc(C#C[Si](C)(C)C)cc4F)n(C)c(=O)c(C)c32)c1.CC(=O)Nc1cccc(-n2c(=O)n(C3CC3)c(=O)c3c(Nc4ccc(I)cc4F)n(C)c(=O)c(C)c32)c1. The number of carbonyl (C=O) groups excluding carboxylic acids is 2. The molecule has 4 aromatic carbocycles. The first-order valence-electron chi connectivity index (χ1n) is 27.3. The van der Waals surface area contributed by atoms with Crippen LogP contribution in [0.15, 0.2) is 114 Å². The van der Waals surface area contributed by atoms with Crippen molar-refractivity contribution in [2.45, 2.75) is 105 Å². The number of hydrogen-bond donors (Lipinski definition) is 4. The molecule has 440 valence electrons. The van der Waals surface area contributed by atoms with Gasteiger partial charge in [-0.15, -0.1) is 17.5 Å². The summed E-state index contributed by atoms with van der Waals surface area (Å²) in [6, 6.07) is 21.7. The number of benzene rings is 4. The van der Waals surface area contributed by atoms with Crippen LogP contribution < -0.4 is 54.9 Å². The summed E-state index contributed by atoms with van der Waals surface area (Å²) >= 11 is 1.99. The lowest BCUT2D eigenvalue weighted by molar-refractivity contribution is -0.115. The van der Waals surface area contributed by atoms with Crippen LogP contribution >= 0.6 is 22.6 Å². The van der Waals surface area contributed by atoms with Crippen molar-refractivity contribution >= 4 is 107 Å². The zero-order valence-electron chi connectivity index (χ0n) is 49.2. The molecule has 85 heavy (non-hydrogen) atoms. The molecule has 0 atom stereocenters. The lowest BCUT2D eigenvalue weighted by Gasteiger charge is -2.21. The Morgan fingerprint density at radius 3 is 1.34 bits per heavy atom. The van der Waals surface area contributed by atoms with Crippen LogP contribution in [0.3, 0.4) is 0 Å². The quantitative estimate of drug-likeness (QED) is 0.0578. The molecule has 2 aliphatic rings. The van der Waals surface area contributed by atoms with Crippen LogP contribution in [-0.4, -0.2) is 55.4 Å². The number of pyridine rings is 2. The highest BCUT2D eigenvalue weighted by Crippen LogP contribution is 2.36. The Balaban J connectivity index is 0.000000203. The lowest BCUT2D eigenvalue weighted by Crippen LogP contribution is -2.41. The molecule has 4 N–H and O–H groups in total. The number of halogens is 3. The Morgan fingerprint density at radius 1 is 0.588 bits per heavy atom. The maximum Gasteiger partial charge on any atom is 0.336 e. The highest BCUT2D eigenvalue weighted by atomic mass is 127. The summed E-state index contributed by atoms with van der Waals surface area (Å²) in [6.07, 6.45) is 7.78. The molecular formula is C62H65F2IN10O8Si2. The van der Waals surface area contributed by atoms with Gasteiger partial charge >= 0.3 is 11.4 Å². The monoisotopic (exact) mass is 1300 g/mol. The van der Waals surface area contributed by atoms with Gasteiger partial charge in [0.2, 0.25) is 11.8 Å². The van der Waals surface area contributed by atoms with E-state index in [0.717, 1.165) is 0 Å². The van der Waals surface area contributed by atoms with E-state index in [9.17, 15) is 42.7 Å². The molecule has 23 heteroatoms. The molecule has 18 nitrogen and oxygen atoms in total. The minimum absolute atomic E-state index is 0.0523. The minimum Gasteiger partial charge on any atom is -0.338 e. The number of carbonyl (C=O) groups is 2. The van der Waals surface area contributed by atoms with Crippen LogP contribution in [-0.2, 0) is 23.7 Å². The molecule has 4 aromatic heterocycles. The molecule has 4 heterocycles. The number of rotatable bonds is 10. The highest BCUT2D eigenvalue weighted by Gasteiger charge is 2.34. The molecule has 8 aromatic rings. The zero-order valence-corrected chi connectivity index (χ0v) is 53.4. The summed E-state index contributed by atoms with van der Waals surface area (Å²) in [5, 5.41) is 11.5. The molecule has 0 spiro atoms. The number of hydrogen-bond acceptors (Lipinski definition) is 10. The summed E-state index contributed by atoms with van der Waals surface area (Å²) < 4.78 is 38.4. The Hall–Kier alpha value is -8.66. The van der Waals surface area contributed by atoms with Crippen molar-refractivity contribution in [2.75, 3.05) is 21.3 Å². The van der Waals surface area contributed by atoms with Crippen molar-refractivity contribution < 1.29 is 18.4 Å². The minimum atomic E-state index is -1.67. The molecule has 0 bridgehead atoms. The highest BCUT2D eigenvalue weighted by molar-refractivity contribution is 14.1. The maximum absolute atomic E-state index is 15.4. The summed E-state index contributed by atoms with van der Waals surface area (Å²) in [5.74, 6) is 1.45. The number of terminal acetylenes is 1. The fraction of sp³-hybridized carbons (Fsp3) is 0.290. The van der Waals surface area contributed by atoms with E-state index < -0.39 is 61.4 Å². The molecular weight excluding hydrogens is 1230 g/mol. The molecule has 2 amide bonds. The van der Waals surface area contributed by atoms with Crippen LogP contribution in [0.1, 0.15) is 68.3 Å². The van der Waals surface area contributed by atoms with Crippen LogP contribution in [0.25, 0.3) is 33.2 Å². The van der Waals surface area contributed by atoms with E-state index in [-0.39, 0.29) is 79.8 Å². The third kappa shape index (κ3) is 13.6. The standard InChI is InChI=1S/C31H32FN5O4Si.C26H23FIN5O4.C5H10Si/c1-18-27-26(28(35(3)29(18)39)34-25-13-10-20(16-24(25)32)14-15-42(4,5)6)30(40)37(22-11-12-22)31(41)36(27)23-9-7-8-21(17-23)33-19(2)38;1-13-22-21(23(31(3)24(13)35)30-20-10-7-15(28)11-19(20)27)25(36)33(17-8-9-17)26(37)32(22)18-6-4-5-16(12-18)29-14(2)34;1-5-6(2,3)4/h7-10,13,16-17,22,34H,11-12H2,1-6H3,(H,33,38);4-7,10-12,17,30H,8-9H2,1-3H3,(H,29,34);1H,2-4H3. The summed E-state index contributed by atoms with van der Waals surface area (Å²) in [7, 11) is 0.218. The average molecular weight is 1300 g/mol. The zero-order chi connectivity index (χ0) is 62.3. The Bertz CT molecular complexity index is 4580. The van der Waals surface area contributed by atoms with Gasteiger partial charge in [-0.3, -0.25) is 56.2 Å². The van der Waals surface area contributed by atoms with Gasteiger partial charge in [0, 0.05) is 71.7 Å². The smallest absolute Gasteiger partial charge is 0.336 e. The topological polar surface area (TPSA) is 214 Å². The predicted molar refractivity (Wildman–Crippen MR) is 347 cm³/mol. The molecule has 2 saturated carbocycles. The van der Waals surface area contributed by atoms with Crippen molar-refractivity contribution in [3.8, 4) is 34.8 Å². The first-order valence-corrected chi connectivity index (χ1v) is 35.4. The van der Waals surface area contributed by atoms with E-state index >= 15 is 4.39 Å². The second-order valence-electron chi connectivity index (χ2n) is 23.1. The number of nitrogens with one attached hydrogen (secondary N) is 4. The van der Waals surface area contributed by atoms with Gasteiger partial charge in [0.05, 0.1) is 33.8 Å². The van der Waals surface area contributed by atoms with Gasteiger partial charge in [0.25, 0.3) is 22.2 Å². The van der Waals surface area contributed by atoms with Gasteiger partial charge in [-0.1, -0.05) is 57.3 Å². The van der Waals surface area contributed by atoms with E-state index in [0.29, 0.717) is 57.6 Å². The van der Waals surface area contributed by atoms with Gasteiger partial charge < -0.3 is 21.3 Å². The summed E-state index contributed by atoms with van der Waals surface area (Å²) in [6.45, 7) is 18.6. The Morgan fingerprint density at radius 2 is 0.988 bits per heavy atom. The van der Waals surface area contributed by atoms with E-state index in [1.807, 2.05) is 22.6 Å². The molecule has 0 unspecified atom stereocenters.